The third-order valence-electron chi connectivity index (χ3n) is 4.55. The van der Waals surface area contributed by atoms with Gasteiger partial charge in [0.1, 0.15) is 0 Å². The summed E-state index contributed by atoms with van der Waals surface area (Å²) in [7, 11) is 1.33. The molecule has 0 radical (unpaired) electrons. The summed E-state index contributed by atoms with van der Waals surface area (Å²) in [5, 5.41) is 0. The van der Waals surface area contributed by atoms with Crippen molar-refractivity contribution in [3.05, 3.63) is 71.3 Å². The molecule has 0 aromatic heterocycles. The summed E-state index contributed by atoms with van der Waals surface area (Å²) in [5.74, 6) is -0.522. The Balaban J connectivity index is 1.62. The highest BCUT2D eigenvalue weighted by Crippen LogP contribution is 2.16. The molecule has 2 aromatic carbocycles. The number of methoxy groups -OCH3 is 1. The van der Waals surface area contributed by atoms with Gasteiger partial charge in [-0.1, -0.05) is 36.4 Å². The third kappa shape index (κ3) is 4.49. The van der Waals surface area contributed by atoms with Crippen molar-refractivity contribution < 1.29 is 19.1 Å². The predicted molar refractivity (Wildman–Crippen MR) is 98.2 cm³/mol. The van der Waals surface area contributed by atoms with E-state index in [9.17, 15) is 9.59 Å². The SMILES string of the molecule is COC(=O)c1cccc(C(=O)N2CCO[C@@H](CCc3ccccc3)C2)c1. The Morgan fingerprint density at radius 2 is 1.88 bits per heavy atom. The van der Waals surface area contributed by atoms with Gasteiger partial charge in [0.25, 0.3) is 5.91 Å². The Labute approximate surface area is 153 Å². The Kier molecular flexibility index (Phi) is 6.02. The number of carbonyl (C=O) groups excluding carboxylic acids is 2. The molecule has 0 N–H and O–H groups in total. The first-order chi connectivity index (χ1) is 12.7. The molecule has 1 amide bonds. The third-order valence-corrected chi connectivity index (χ3v) is 4.55. The largest absolute Gasteiger partial charge is 0.465 e. The van der Waals surface area contributed by atoms with Gasteiger partial charge in [-0.2, -0.15) is 0 Å². The van der Waals surface area contributed by atoms with Crippen molar-refractivity contribution in [2.75, 3.05) is 26.8 Å². The van der Waals surface area contributed by atoms with Gasteiger partial charge in [0.15, 0.2) is 0 Å². The van der Waals surface area contributed by atoms with Crippen LogP contribution in [0.3, 0.4) is 0 Å². The number of benzene rings is 2. The summed E-state index contributed by atoms with van der Waals surface area (Å²) in [6.07, 6.45) is 1.82. The number of carbonyl (C=O) groups is 2. The summed E-state index contributed by atoms with van der Waals surface area (Å²) >= 11 is 0. The Morgan fingerprint density at radius 1 is 1.12 bits per heavy atom. The smallest absolute Gasteiger partial charge is 0.337 e. The first kappa shape index (κ1) is 18.1. The number of hydrogen-bond acceptors (Lipinski definition) is 4. The van der Waals surface area contributed by atoms with Crippen molar-refractivity contribution in [1.29, 1.82) is 0 Å². The number of nitrogens with zero attached hydrogens (tertiary/aromatic N) is 1. The maximum Gasteiger partial charge on any atom is 0.337 e. The number of hydrogen-bond donors (Lipinski definition) is 0. The molecule has 3 rings (SSSR count). The van der Waals surface area contributed by atoms with Crippen LogP contribution < -0.4 is 0 Å². The lowest BCUT2D eigenvalue weighted by Crippen LogP contribution is -2.45. The van der Waals surface area contributed by atoms with E-state index in [1.807, 2.05) is 18.2 Å². The molecule has 1 saturated heterocycles. The molecule has 1 fully saturated rings. The molecule has 0 saturated carbocycles. The standard InChI is InChI=1S/C21H23NO4/c1-25-21(24)18-9-5-8-17(14-18)20(23)22-12-13-26-19(15-22)11-10-16-6-3-2-4-7-16/h2-9,14,19H,10-13,15H2,1H3/t19-/m0/s1. The molecule has 2 aromatic rings. The monoisotopic (exact) mass is 353 g/mol. The van der Waals surface area contributed by atoms with Gasteiger partial charge in [0.2, 0.25) is 0 Å². The lowest BCUT2D eigenvalue weighted by molar-refractivity contribution is -0.0246. The summed E-state index contributed by atoms with van der Waals surface area (Å²) in [6, 6.07) is 16.9. The lowest BCUT2D eigenvalue weighted by Gasteiger charge is -2.33. The zero-order chi connectivity index (χ0) is 18.4. The van der Waals surface area contributed by atoms with Gasteiger partial charge in [0.05, 0.1) is 25.4 Å². The second kappa shape index (κ2) is 8.63. The molecule has 5 nitrogen and oxygen atoms in total. The summed E-state index contributed by atoms with van der Waals surface area (Å²) < 4.78 is 10.6. The highest BCUT2D eigenvalue weighted by molar-refractivity contribution is 5.98. The second-order valence-corrected chi connectivity index (χ2v) is 6.34. The number of aryl methyl sites for hydroxylation is 1. The van der Waals surface area contributed by atoms with E-state index in [1.165, 1.54) is 12.7 Å². The van der Waals surface area contributed by atoms with Crippen molar-refractivity contribution in [1.82, 2.24) is 4.90 Å². The van der Waals surface area contributed by atoms with Crippen LogP contribution in [0.1, 0.15) is 32.7 Å². The van der Waals surface area contributed by atoms with Crippen LogP contribution in [0.4, 0.5) is 0 Å². The molecule has 0 aliphatic carbocycles. The zero-order valence-electron chi connectivity index (χ0n) is 14.9. The molecule has 136 valence electrons. The van der Waals surface area contributed by atoms with Gasteiger partial charge in [-0.25, -0.2) is 4.79 Å². The number of morpholine rings is 1. The molecule has 0 bridgehead atoms. The van der Waals surface area contributed by atoms with E-state index in [2.05, 4.69) is 12.1 Å². The van der Waals surface area contributed by atoms with Crippen molar-refractivity contribution in [2.45, 2.75) is 18.9 Å². The Morgan fingerprint density at radius 3 is 2.65 bits per heavy atom. The van der Waals surface area contributed by atoms with Crippen molar-refractivity contribution in [2.24, 2.45) is 0 Å². The van der Waals surface area contributed by atoms with Crippen LogP contribution in [0.5, 0.6) is 0 Å². The van der Waals surface area contributed by atoms with Gasteiger partial charge in [-0.15, -0.1) is 0 Å². The minimum absolute atomic E-state index is 0.0247. The van der Waals surface area contributed by atoms with E-state index in [4.69, 9.17) is 9.47 Å². The lowest BCUT2D eigenvalue weighted by atomic mass is 10.0. The van der Waals surface area contributed by atoms with Crippen LogP contribution in [0.25, 0.3) is 0 Å². The van der Waals surface area contributed by atoms with Crippen LogP contribution in [0, 0.1) is 0 Å². The van der Waals surface area contributed by atoms with E-state index in [1.54, 1.807) is 29.2 Å². The van der Waals surface area contributed by atoms with Crippen molar-refractivity contribution >= 4 is 11.9 Å². The average molecular weight is 353 g/mol. The van der Waals surface area contributed by atoms with Crippen molar-refractivity contribution in [3.8, 4) is 0 Å². The van der Waals surface area contributed by atoms with Crippen LogP contribution in [-0.2, 0) is 15.9 Å². The summed E-state index contributed by atoms with van der Waals surface area (Å²) in [5.41, 5.74) is 2.15. The molecular weight excluding hydrogens is 330 g/mol. The fraction of sp³-hybridized carbons (Fsp3) is 0.333. The van der Waals surface area contributed by atoms with Crippen LogP contribution >= 0.6 is 0 Å². The van der Waals surface area contributed by atoms with Gasteiger partial charge in [-0.05, 0) is 36.6 Å². The van der Waals surface area contributed by atoms with E-state index >= 15 is 0 Å². The molecule has 1 aliphatic heterocycles. The normalized spacial score (nSPS) is 17.0. The topological polar surface area (TPSA) is 55.8 Å². The Bertz CT molecular complexity index is 760. The molecule has 26 heavy (non-hydrogen) atoms. The maximum absolute atomic E-state index is 12.8. The van der Waals surface area contributed by atoms with Gasteiger partial charge >= 0.3 is 5.97 Å². The molecule has 0 spiro atoms. The van der Waals surface area contributed by atoms with E-state index in [-0.39, 0.29) is 12.0 Å². The number of amides is 1. The first-order valence-corrected chi connectivity index (χ1v) is 8.80. The fourth-order valence-corrected chi connectivity index (χ4v) is 3.13. The highest BCUT2D eigenvalue weighted by atomic mass is 16.5. The predicted octanol–water partition coefficient (Wildman–Crippen LogP) is 2.95. The minimum atomic E-state index is -0.442. The van der Waals surface area contributed by atoms with Crippen molar-refractivity contribution in [3.63, 3.8) is 0 Å². The number of ether oxygens (including phenoxy) is 2. The molecule has 0 unspecified atom stereocenters. The summed E-state index contributed by atoms with van der Waals surface area (Å²) in [6.45, 7) is 1.65. The molecule has 1 heterocycles. The first-order valence-electron chi connectivity index (χ1n) is 8.80. The van der Waals surface area contributed by atoms with E-state index < -0.39 is 5.97 Å². The molecule has 5 heteroatoms. The average Bonchev–Trinajstić information content (AvgIpc) is 2.72. The zero-order valence-corrected chi connectivity index (χ0v) is 14.9. The number of esters is 1. The highest BCUT2D eigenvalue weighted by Gasteiger charge is 2.25. The molecule has 1 aliphatic rings. The van der Waals surface area contributed by atoms with Crippen LogP contribution in [0.15, 0.2) is 54.6 Å². The van der Waals surface area contributed by atoms with Gasteiger partial charge < -0.3 is 14.4 Å². The number of rotatable bonds is 5. The molecular formula is C21H23NO4. The maximum atomic E-state index is 12.8. The summed E-state index contributed by atoms with van der Waals surface area (Å²) in [4.78, 5) is 26.3. The van der Waals surface area contributed by atoms with Crippen LogP contribution in [0.2, 0.25) is 0 Å². The quantitative estimate of drug-likeness (QED) is 0.776. The Hall–Kier alpha value is -2.66. The van der Waals surface area contributed by atoms with Crippen LogP contribution in [-0.4, -0.2) is 49.7 Å². The second-order valence-electron chi connectivity index (χ2n) is 6.34. The van der Waals surface area contributed by atoms with E-state index in [0.717, 1.165) is 12.8 Å². The van der Waals surface area contributed by atoms with Gasteiger partial charge in [0, 0.05) is 18.7 Å². The fourth-order valence-electron chi connectivity index (χ4n) is 3.13. The molecule has 1 atom stereocenters. The van der Waals surface area contributed by atoms with E-state index in [0.29, 0.717) is 30.8 Å². The minimum Gasteiger partial charge on any atom is -0.465 e. The van der Waals surface area contributed by atoms with Gasteiger partial charge in [-0.3, -0.25) is 4.79 Å².